The van der Waals surface area contributed by atoms with Gasteiger partial charge in [0.25, 0.3) is 12.0 Å². The summed E-state index contributed by atoms with van der Waals surface area (Å²) in [6.07, 6.45) is 1.01. The summed E-state index contributed by atoms with van der Waals surface area (Å²) in [6, 6.07) is 4.80. The molecule has 0 aliphatic carbocycles. The van der Waals surface area contributed by atoms with Crippen LogP contribution in [0.3, 0.4) is 0 Å². The fraction of sp³-hybridized carbons (Fsp3) is 0.348. The first-order valence-corrected chi connectivity index (χ1v) is 10.4. The first-order valence-electron chi connectivity index (χ1n) is 10.4. The molecule has 9 heteroatoms. The van der Waals surface area contributed by atoms with E-state index >= 15 is 0 Å². The SMILES string of the molecule is C=C[C@@H](Nc1nc(C)nc2cc(=O)n([C@H]3CN[C@H](C)C3)cc12)c1cccc(C(F)F)c1F. The molecule has 1 aliphatic rings. The van der Waals surface area contributed by atoms with Crippen molar-refractivity contribution in [2.45, 2.75) is 44.8 Å². The lowest BCUT2D eigenvalue weighted by Gasteiger charge is -2.20. The lowest BCUT2D eigenvalue weighted by atomic mass is 10.0. The molecule has 0 spiro atoms. The third-order valence-corrected chi connectivity index (χ3v) is 5.75. The minimum Gasteiger partial charge on any atom is -0.359 e. The molecule has 0 amide bonds. The van der Waals surface area contributed by atoms with Gasteiger partial charge in [0.15, 0.2) is 0 Å². The molecule has 0 radical (unpaired) electrons. The zero-order chi connectivity index (χ0) is 23.0. The normalized spacial score (nSPS) is 19.4. The molecule has 1 fully saturated rings. The number of aryl methyl sites for hydroxylation is 1. The van der Waals surface area contributed by atoms with Crippen molar-refractivity contribution < 1.29 is 13.2 Å². The summed E-state index contributed by atoms with van der Waals surface area (Å²) in [4.78, 5) is 21.5. The smallest absolute Gasteiger partial charge is 0.266 e. The fourth-order valence-electron chi connectivity index (χ4n) is 4.14. The molecule has 3 aromatic rings. The lowest BCUT2D eigenvalue weighted by molar-refractivity contribution is 0.146. The van der Waals surface area contributed by atoms with Gasteiger partial charge in [0, 0.05) is 30.4 Å². The second kappa shape index (κ2) is 8.74. The van der Waals surface area contributed by atoms with Crippen LogP contribution in [0.5, 0.6) is 0 Å². The largest absolute Gasteiger partial charge is 0.359 e. The van der Waals surface area contributed by atoms with Crippen molar-refractivity contribution in [3.8, 4) is 0 Å². The van der Waals surface area contributed by atoms with E-state index in [0.717, 1.165) is 12.5 Å². The number of hydrogen-bond acceptors (Lipinski definition) is 5. The van der Waals surface area contributed by atoms with Gasteiger partial charge < -0.3 is 15.2 Å². The number of halogens is 3. The molecule has 2 aromatic heterocycles. The summed E-state index contributed by atoms with van der Waals surface area (Å²) < 4.78 is 42.8. The summed E-state index contributed by atoms with van der Waals surface area (Å²) in [5, 5.41) is 7.00. The van der Waals surface area contributed by atoms with Crippen LogP contribution in [0.15, 0.2) is 47.9 Å². The van der Waals surface area contributed by atoms with E-state index in [2.05, 4.69) is 34.1 Å². The first-order chi connectivity index (χ1) is 15.3. The summed E-state index contributed by atoms with van der Waals surface area (Å²) in [5.74, 6) is -0.206. The quantitative estimate of drug-likeness (QED) is 0.551. The van der Waals surface area contributed by atoms with Gasteiger partial charge in [-0.25, -0.2) is 23.1 Å². The van der Waals surface area contributed by atoms with E-state index in [-0.39, 0.29) is 17.2 Å². The Morgan fingerprint density at radius 2 is 2.06 bits per heavy atom. The maximum atomic E-state index is 14.8. The predicted octanol–water partition coefficient (Wildman–Crippen LogP) is 4.44. The highest BCUT2D eigenvalue weighted by Gasteiger charge is 2.25. The van der Waals surface area contributed by atoms with Gasteiger partial charge in [-0.1, -0.05) is 24.3 Å². The molecule has 1 aliphatic heterocycles. The summed E-state index contributed by atoms with van der Waals surface area (Å²) in [5.41, 5.74) is -0.357. The molecule has 32 heavy (non-hydrogen) atoms. The van der Waals surface area contributed by atoms with E-state index < -0.39 is 23.8 Å². The molecule has 0 unspecified atom stereocenters. The molecule has 2 N–H and O–H groups in total. The van der Waals surface area contributed by atoms with Crippen LogP contribution in [-0.4, -0.2) is 27.1 Å². The molecular weight excluding hydrogens is 419 g/mol. The zero-order valence-electron chi connectivity index (χ0n) is 17.8. The van der Waals surface area contributed by atoms with Crippen LogP contribution in [-0.2, 0) is 0 Å². The molecular formula is C23H24F3N5O. The Bertz CT molecular complexity index is 1230. The van der Waals surface area contributed by atoms with Crippen LogP contribution in [0.4, 0.5) is 19.0 Å². The molecule has 1 aromatic carbocycles. The molecule has 6 nitrogen and oxygen atoms in total. The number of nitrogens with zero attached hydrogens (tertiary/aromatic N) is 3. The van der Waals surface area contributed by atoms with E-state index in [9.17, 15) is 18.0 Å². The monoisotopic (exact) mass is 443 g/mol. The number of alkyl halides is 2. The zero-order valence-corrected chi connectivity index (χ0v) is 17.8. The van der Waals surface area contributed by atoms with Crippen molar-refractivity contribution >= 4 is 16.7 Å². The average molecular weight is 443 g/mol. The number of hydrogen-bond donors (Lipinski definition) is 2. The second-order valence-corrected chi connectivity index (χ2v) is 8.04. The predicted molar refractivity (Wildman–Crippen MR) is 118 cm³/mol. The number of nitrogens with one attached hydrogen (secondary N) is 2. The van der Waals surface area contributed by atoms with E-state index in [0.29, 0.717) is 35.1 Å². The number of pyridine rings is 1. The van der Waals surface area contributed by atoms with Crippen molar-refractivity contribution in [2.24, 2.45) is 0 Å². The average Bonchev–Trinajstić information content (AvgIpc) is 3.17. The number of aromatic nitrogens is 3. The van der Waals surface area contributed by atoms with Crippen LogP contribution in [0, 0.1) is 12.7 Å². The Hall–Kier alpha value is -3.20. The van der Waals surface area contributed by atoms with Gasteiger partial charge in [-0.3, -0.25) is 4.79 Å². The van der Waals surface area contributed by atoms with Gasteiger partial charge in [0.1, 0.15) is 17.5 Å². The highest BCUT2D eigenvalue weighted by molar-refractivity contribution is 5.88. The highest BCUT2D eigenvalue weighted by atomic mass is 19.3. The number of benzene rings is 1. The van der Waals surface area contributed by atoms with Gasteiger partial charge in [0.2, 0.25) is 0 Å². The van der Waals surface area contributed by atoms with Gasteiger partial charge in [-0.15, -0.1) is 6.58 Å². The third-order valence-electron chi connectivity index (χ3n) is 5.75. The molecule has 1 saturated heterocycles. The van der Waals surface area contributed by atoms with Crippen molar-refractivity contribution in [3.05, 3.63) is 76.2 Å². The Balaban J connectivity index is 1.79. The van der Waals surface area contributed by atoms with Crippen LogP contribution >= 0.6 is 0 Å². The molecule has 168 valence electrons. The van der Waals surface area contributed by atoms with Crippen molar-refractivity contribution in [3.63, 3.8) is 0 Å². The number of anilines is 1. The minimum atomic E-state index is -2.93. The number of rotatable bonds is 6. The maximum Gasteiger partial charge on any atom is 0.266 e. The van der Waals surface area contributed by atoms with Crippen molar-refractivity contribution in [1.29, 1.82) is 0 Å². The van der Waals surface area contributed by atoms with E-state index in [1.807, 2.05) is 0 Å². The molecule has 3 heterocycles. The molecule has 0 bridgehead atoms. The minimum absolute atomic E-state index is 0.00794. The van der Waals surface area contributed by atoms with E-state index in [1.165, 1.54) is 24.3 Å². The van der Waals surface area contributed by atoms with Gasteiger partial charge in [-0.2, -0.15) is 0 Å². The maximum absolute atomic E-state index is 14.8. The Morgan fingerprint density at radius 3 is 2.72 bits per heavy atom. The highest BCUT2D eigenvalue weighted by Crippen LogP contribution is 2.31. The summed E-state index contributed by atoms with van der Waals surface area (Å²) >= 11 is 0. The Morgan fingerprint density at radius 1 is 1.31 bits per heavy atom. The van der Waals surface area contributed by atoms with Gasteiger partial charge in [0.05, 0.1) is 28.6 Å². The van der Waals surface area contributed by atoms with Crippen LogP contribution in [0.25, 0.3) is 10.9 Å². The van der Waals surface area contributed by atoms with Crippen molar-refractivity contribution in [2.75, 3.05) is 11.9 Å². The fourth-order valence-corrected chi connectivity index (χ4v) is 4.14. The Kier molecular flexibility index (Phi) is 6.01. The summed E-state index contributed by atoms with van der Waals surface area (Å²) in [7, 11) is 0. The van der Waals surface area contributed by atoms with Crippen LogP contribution in [0.2, 0.25) is 0 Å². The van der Waals surface area contributed by atoms with E-state index in [1.54, 1.807) is 17.7 Å². The standard InChI is InChI=1S/C23H24F3N5O/c1-4-18(15-6-5-7-16(21(15)24)22(25)26)30-23-17-11-31(14-8-12(2)27-10-14)20(32)9-19(17)28-13(3)29-23/h4-7,9,11-12,14,18,22,27H,1,8,10H2,2-3H3,(H,28,29,30)/t12-,14-,18-/m1/s1. The van der Waals surface area contributed by atoms with Crippen LogP contribution in [0.1, 0.15) is 48.8 Å². The van der Waals surface area contributed by atoms with Gasteiger partial charge >= 0.3 is 0 Å². The van der Waals surface area contributed by atoms with Crippen molar-refractivity contribution in [1.82, 2.24) is 19.9 Å². The van der Waals surface area contributed by atoms with E-state index in [4.69, 9.17) is 0 Å². The molecule has 4 rings (SSSR count). The van der Waals surface area contributed by atoms with Crippen LogP contribution < -0.4 is 16.2 Å². The third kappa shape index (κ3) is 4.12. The first kappa shape index (κ1) is 22.0. The topological polar surface area (TPSA) is 71.8 Å². The number of fused-ring (bicyclic) bond motifs is 1. The molecule has 0 saturated carbocycles. The molecule has 3 atom stereocenters. The Labute approximate surface area is 183 Å². The lowest BCUT2D eigenvalue weighted by Crippen LogP contribution is -2.25. The van der Waals surface area contributed by atoms with Gasteiger partial charge in [-0.05, 0) is 20.3 Å². The summed E-state index contributed by atoms with van der Waals surface area (Å²) in [6.45, 7) is 8.14. The second-order valence-electron chi connectivity index (χ2n) is 8.04.